The Labute approximate surface area is 177 Å². The molecule has 5 nitrogen and oxygen atoms in total. The summed E-state index contributed by atoms with van der Waals surface area (Å²) in [7, 11) is 1.58. The molecule has 0 spiro atoms. The van der Waals surface area contributed by atoms with Gasteiger partial charge in [0.25, 0.3) is 0 Å². The Morgan fingerprint density at radius 3 is 2.69 bits per heavy atom. The number of rotatable bonds is 6. The second kappa shape index (κ2) is 8.59. The lowest BCUT2D eigenvalue weighted by Gasteiger charge is -2.11. The van der Waals surface area contributed by atoms with Gasteiger partial charge >= 0.3 is 0 Å². The number of methoxy groups -OCH3 is 1. The maximum Gasteiger partial charge on any atom is 0.234 e. The number of fused-ring (bicyclic) bond motifs is 1. The van der Waals surface area contributed by atoms with Crippen LogP contribution in [0.1, 0.15) is 0 Å². The normalized spacial score (nSPS) is 10.8. The summed E-state index contributed by atoms with van der Waals surface area (Å²) in [5, 5.41) is 3.61. The number of ether oxygens (including phenoxy) is 1. The SMILES string of the molecule is COc1ccc(-c2nc3ccccc3[nH]2)cc1NC(=O)CSc1ccc(Cl)cc1. The van der Waals surface area contributed by atoms with E-state index in [1.807, 2.05) is 66.7 Å². The van der Waals surface area contributed by atoms with Gasteiger partial charge in [0.1, 0.15) is 11.6 Å². The van der Waals surface area contributed by atoms with Gasteiger partial charge in [-0.25, -0.2) is 4.98 Å². The summed E-state index contributed by atoms with van der Waals surface area (Å²) in [5.41, 5.74) is 3.32. The number of carbonyl (C=O) groups excluding carboxylic acids is 1. The first-order valence-electron chi connectivity index (χ1n) is 8.94. The molecule has 0 radical (unpaired) electrons. The predicted molar refractivity (Wildman–Crippen MR) is 119 cm³/mol. The largest absolute Gasteiger partial charge is 0.495 e. The Morgan fingerprint density at radius 2 is 1.93 bits per heavy atom. The molecule has 146 valence electrons. The number of halogens is 1. The van der Waals surface area contributed by atoms with Crippen molar-refractivity contribution in [3.8, 4) is 17.1 Å². The molecular weight excluding hydrogens is 406 g/mol. The average Bonchev–Trinajstić information content (AvgIpc) is 3.17. The van der Waals surface area contributed by atoms with Gasteiger partial charge in [-0.1, -0.05) is 23.7 Å². The number of carbonyl (C=O) groups is 1. The number of hydrogen-bond acceptors (Lipinski definition) is 4. The average molecular weight is 424 g/mol. The van der Waals surface area contributed by atoms with Gasteiger partial charge in [0.15, 0.2) is 0 Å². The number of nitrogens with zero attached hydrogens (tertiary/aromatic N) is 1. The molecule has 1 amide bonds. The minimum Gasteiger partial charge on any atom is -0.495 e. The zero-order valence-electron chi connectivity index (χ0n) is 15.6. The second-order valence-corrected chi connectivity index (χ2v) is 7.79. The smallest absolute Gasteiger partial charge is 0.234 e. The maximum atomic E-state index is 12.5. The number of benzene rings is 3. The van der Waals surface area contributed by atoms with Crippen molar-refractivity contribution < 1.29 is 9.53 Å². The van der Waals surface area contributed by atoms with Crippen molar-refractivity contribution >= 4 is 46.0 Å². The number of thioether (sulfide) groups is 1. The molecule has 3 aromatic carbocycles. The molecule has 0 aliphatic heterocycles. The lowest BCUT2D eigenvalue weighted by Crippen LogP contribution is -2.14. The number of aromatic nitrogens is 2. The van der Waals surface area contributed by atoms with E-state index >= 15 is 0 Å². The van der Waals surface area contributed by atoms with Crippen molar-refractivity contribution in [3.63, 3.8) is 0 Å². The van der Waals surface area contributed by atoms with Gasteiger partial charge in [-0.2, -0.15) is 0 Å². The van der Waals surface area contributed by atoms with Crippen LogP contribution in [-0.2, 0) is 4.79 Å². The first kappa shape index (κ1) is 19.4. The first-order valence-corrected chi connectivity index (χ1v) is 10.3. The number of para-hydroxylation sites is 2. The molecular formula is C22H18ClN3O2S. The van der Waals surface area contributed by atoms with Crippen LogP contribution in [0.5, 0.6) is 5.75 Å². The van der Waals surface area contributed by atoms with Crippen molar-refractivity contribution in [2.24, 2.45) is 0 Å². The fourth-order valence-electron chi connectivity index (χ4n) is 2.91. The molecule has 0 fully saturated rings. The lowest BCUT2D eigenvalue weighted by molar-refractivity contribution is -0.113. The van der Waals surface area contributed by atoms with Crippen molar-refractivity contribution in [3.05, 3.63) is 71.8 Å². The van der Waals surface area contributed by atoms with E-state index in [4.69, 9.17) is 16.3 Å². The Kier molecular flexibility index (Phi) is 5.74. The molecule has 0 atom stereocenters. The second-order valence-electron chi connectivity index (χ2n) is 6.31. The van der Waals surface area contributed by atoms with Crippen molar-refractivity contribution in [1.29, 1.82) is 0 Å². The molecule has 0 saturated heterocycles. The van der Waals surface area contributed by atoms with Crippen molar-refractivity contribution in [1.82, 2.24) is 9.97 Å². The minimum absolute atomic E-state index is 0.120. The van der Waals surface area contributed by atoms with Gasteiger partial charge in [-0.15, -0.1) is 11.8 Å². The zero-order chi connectivity index (χ0) is 20.2. The summed E-state index contributed by atoms with van der Waals surface area (Å²) in [6.07, 6.45) is 0. The molecule has 0 saturated carbocycles. The van der Waals surface area contributed by atoms with E-state index in [2.05, 4.69) is 15.3 Å². The molecule has 4 rings (SSSR count). The van der Waals surface area contributed by atoms with Crippen LogP contribution in [0.3, 0.4) is 0 Å². The van der Waals surface area contributed by atoms with Crippen molar-refractivity contribution in [2.45, 2.75) is 4.90 Å². The van der Waals surface area contributed by atoms with E-state index in [0.717, 1.165) is 27.3 Å². The van der Waals surface area contributed by atoms with Crippen LogP contribution in [0.2, 0.25) is 5.02 Å². The predicted octanol–water partition coefficient (Wildman–Crippen LogP) is 5.62. The van der Waals surface area contributed by atoms with Crippen LogP contribution in [0.4, 0.5) is 5.69 Å². The highest BCUT2D eigenvalue weighted by atomic mass is 35.5. The third-order valence-electron chi connectivity index (χ3n) is 4.32. The summed E-state index contributed by atoms with van der Waals surface area (Å²) < 4.78 is 5.41. The van der Waals surface area contributed by atoms with Crippen LogP contribution in [0, 0.1) is 0 Å². The van der Waals surface area contributed by atoms with Gasteiger partial charge in [0.2, 0.25) is 5.91 Å². The fourth-order valence-corrected chi connectivity index (χ4v) is 3.73. The highest BCUT2D eigenvalue weighted by Gasteiger charge is 2.12. The van der Waals surface area contributed by atoms with Crippen LogP contribution in [0.15, 0.2) is 71.6 Å². The standard InChI is InChI=1S/C22H18ClN3O2S/c1-28-20-11-6-14(22-25-17-4-2-3-5-18(17)26-22)12-19(20)24-21(27)13-29-16-9-7-15(23)8-10-16/h2-12H,13H2,1H3,(H,24,27)(H,25,26). The molecule has 0 aliphatic rings. The Morgan fingerprint density at radius 1 is 1.14 bits per heavy atom. The van der Waals surface area contributed by atoms with Gasteiger partial charge in [-0.05, 0) is 54.6 Å². The highest BCUT2D eigenvalue weighted by molar-refractivity contribution is 8.00. The summed E-state index contributed by atoms with van der Waals surface area (Å²) in [4.78, 5) is 21.4. The van der Waals surface area contributed by atoms with E-state index < -0.39 is 0 Å². The molecule has 1 aromatic heterocycles. The molecule has 4 aromatic rings. The van der Waals surface area contributed by atoms with E-state index in [1.165, 1.54) is 11.8 Å². The van der Waals surface area contributed by atoms with Crippen LogP contribution >= 0.6 is 23.4 Å². The topological polar surface area (TPSA) is 67.0 Å². The summed E-state index contributed by atoms with van der Waals surface area (Å²) in [6, 6.07) is 20.8. The molecule has 7 heteroatoms. The van der Waals surface area contributed by atoms with Gasteiger partial charge < -0.3 is 15.0 Å². The quantitative estimate of drug-likeness (QED) is 0.395. The molecule has 1 heterocycles. The minimum atomic E-state index is -0.120. The fraction of sp³-hybridized carbons (Fsp3) is 0.0909. The summed E-state index contributed by atoms with van der Waals surface area (Å²) in [5.74, 6) is 1.49. The summed E-state index contributed by atoms with van der Waals surface area (Å²) in [6.45, 7) is 0. The van der Waals surface area contributed by atoms with E-state index in [0.29, 0.717) is 16.5 Å². The zero-order valence-corrected chi connectivity index (χ0v) is 17.2. The third-order valence-corrected chi connectivity index (χ3v) is 5.58. The number of nitrogens with one attached hydrogen (secondary N) is 2. The number of anilines is 1. The third kappa shape index (κ3) is 4.55. The van der Waals surface area contributed by atoms with Crippen LogP contribution < -0.4 is 10.1 Å². The lowest BCUT2D eigenvalue weighted by atomic mass is 10.1. The molecule has 2 N–H and O–H groups in total. The van der Waals surface area contributed by atoms with Crippen LogP contribution in [-0.4, -0.2) is 28.7 Å². The number of hydrogen-bond donors (Lipinski definition) is 2. The van der Waals surface area contributed by atoms with Gasteiger partial charge in [-0.3, -0.25) is 4.79 Å². The van der Waals surface area contributed by atoms with Crippen molar-refractivity contribution in [2.75, 3.05) is 18.2 Å². The molecule has 0 unspecified atom stereocenters. The van der Waals surface area contributed by atoms with Gasteiger partial charge in [0, 0.05) is 15.5 Å². The maximum absolute atomic E-state index is 12.5. The highest BCUT2D eigenvalue weighted by Crippen LogP contribution is 2.31. The molecule has 0 aliphatic carbocycles. The molecule has 0 bridgehead atoms. The first-order chi connectivity index (χ1) is 14.1. The van der Waals surface area contributed by atoms with E-state index in [9.17, 15) is 4.79 Å². The number of aromatic amines is 1. The summed E-state index contributed by atoms with van der Waals surface area (Å²) >= 11 is 7.34. The number of H-pyrrole nitrogens is 1. The van der Waals surface area contributed by atoms with E-state index in [-0.39, 0.29) is 11.7 Å². The molecule has 29 heavy (non-hydrogen) atoms. The Hall–Kier alpha value is -2.96. The number of amides is 1. The van der Waals surface area contributed by atoms with Crippen LogP contribution in [0.25, 0.3) is 22.4 Å². The number of imidazole rings is 1. The monoisotopic (exact) mass is 423 g/mol. The Bertz CT molecular complexity index is 1130. The van der Waals surface area contributed by atoms with Gasteiger partial charge in [0.05, 0.1) is 29.6 Å². The van der Waals surface area contributed by atoms with E-state index in [1.54, 1.807) is 7.11 Å². The Balaban J connectivity index is 1.51.